The number of rotatable bonds is 7. The van der Waals surface area contributed by atoms with Gasteiger partial charge in [0.05, 0.1) is 22.2 Å². The molecule has 8 nitrogen and oxygen atoms in total. The van der Waals surface area contributed by atoms with Gasteiger partial charge in [-0.25, -0.2) is 4.98 Å². The lowest BCUT2D eigenvalue weighted by molar-refractivity contribution is -0.142. The van der Waals surface area contributed by atoms with Crippen LogP contribution in [0.5, 0.6) is 0 Å². The van der Waals surface area contributed by atoms with E-state index >= 15 is 0 Å². The Morgan fingerprint density at radius 3 is 2.61 bits per heavy atom. The fraction of sp³-hybridized carbons (Fsp3) is 0.379. The molecule has 2 aromatic carbocycles. The maximum atomic E-state index is 13.9. The third-order valence-electron chi connectivity index (χ3n) is 7.80. The van der Waals surface area contributed by atoms with Gasteiger partial charge in [-0.3, -0.25) is 14.4 Å². The molecule has 3 atom stereocenters. The number of β-amino-alcohol motifs (C(OH)–C–C–N with tert-alkyl or cyclic N) is 1. The molecule has 3 aromatic rings. The molecule has 2 N–H and O–H groups in total. The summed E-state index contributed by atoms with van der Waals surface area (Å²) in [5.41, 5.74) is 6.40. The van der Waals surface area contributed by atoms with Crippen molar-refractivity contribution in [2.24, 2.45) is 5.92 Å². The number of nitrogens with zero attached hydrogens (tertiary/aromatic N) is 3. The van der Waals surface area contributed by atoms with E-state index in [-0.39, 0.29) is 36.6 Å². The number of carbonyl (C=O) groups is 3. The Morgan fingerprint density at radius 1 is 1.16 bits per heavy atom. The van der Waals surface area contributed by atoms with Crippen molar-refractivity contribution in [2.45, 2.75) is 57.5 Å². The van der Waals surface area contributed by atoms with E-state index in [1.807, 2.05) is 54.9 Å². The second-order valence-corrected chi connectivity index (χ2v) is 11.3. The minimum Gasteiger partial charge on any atom is -0.391 e. The highest BCUT2D eigenvalue weighted by atomic mass is 32.1. The van der Waals surface area contributed by atoms with Gasteiger partial charge in [0.25, 0.3) is 5.91 Å². The molecular formula is C29H30N4O4S. The zero-order valence-corrected chi connectivity index (χ0v) is 22.0. The molecule has 2 aliphatic heterocycles. The lowest BCUT2D eigenvalue weighted by Crippen LogP contribution is -2.54. The summed E-state index contributed by atoms with van der Waals surface area (Å²) >= 11 is 1.59. The molecule has 9 heteroatoms. The van der Waals surface area contributed by atoms with Gasteiger partial charge in [0, 0.05) is 31.6 Å². The third kappa shape index (κ3) is 4.61. The molecule has 3 unspecified atom stereocenters. The molecule has 1 saturated heterocycles. The highest BCUT2D eigenvalue weighted by Gasteiger charge is 2.49. The van der Waals surface area contributed by atoms with Crippen molar-refractivity contribution in [3.63, 3.8) is 0 Å². The Morgan fingerprint density at radius 2 is 1.92 bits per heavy atom. The number of thiazole rings is 1. The molecule has 3 aliphatic rings. The first-order valence-electron chi connectivity index (χ1n) is 13.0. The van der Waals surface area contributed by atoms with Gasteiger partial charge in [0.1, 0.15) is 12.1 Å². The average molecular weight is 531 g/mol. The van der Waals surface area contributed by atoms with Gasteiger partial charge in [-0.1, -0.05) is 42.5 Å². The standard InChI is InChI=1S/C29H30N4O4S/c1-17-26(38-16-31-17)20-8-6-18(7-9-20)13-30-27(35)24-12-22(34)15-32(24)29(37)25(19-10-11-19)33-14-21-4-2-3-5-23(21)28(33)36/h2-9,16,19,22,24-25,34H,10-15H2,1H3,(H,30,35). The van der Waals surface area contributed by atoms with Gasteiger partial charge in [-0.05, 0) is 48.4 Å². The van der Waals surface area contributed by atoms with Gasteiger partial charge in [0.2, 0.25) is 11.8 Å². The first-order valence-corrected chi connectivity index (χ1v) is 13.9. The Hall–Kier alpha value is -3.56. The van der Waals surface area contributed by atoms with Crippen LogP contribution in [0, 0.1) is 12.8 Å². The molecule has 0 radical (unpaired) electrons. The second kappa shape index (κ2) is 9.96. The number of carbonyl (C=O) groups excluding carboxylic acids is 3. The largest absolute Gasteiger partial charge is 0.391 e. The molecule has 1 saturated carbocycles. The number of fused-ring (bicyclic) bond motifs is 1. The Kier molecular flexibility index (Phi) is 6.49. The Balaban J connectivity index is 1.14. The van der Waals surface area contributed by atoms with Crippen molar-refractivity contribution in [3.8, 4) is 10.4 Å². The SMILES string of the molecule is Cc1ncsc1-c1ccc(CNC(=O)C2CC(O)CN2C(=O)C(C2CC2)N2Cc3ccccc3C2=O)cc1. The number of aliphatic hydroxyl groups excluding tert-OH is 1. The summed E-state index contributed by atoms with van der Waals surface area (Å²) < 4.78 is 0. The highest BCUT2D eigenvalue weighted by molar-refractivity contribution is 7.13. The molecule has 6 rings (SSSR count). The zero-order chi connectivity index (χ0) is 26.4. The number of aliphatic hydroxyl groups is 1. The maximum absolute atomic E-state index is 13.9. The lowest BCUT2D eigenvalue weighted by atomic mass is 10.1. The fourth-order valence-electron chi connectivity index (χ4n) is 5.64. The number of hydrogen-bond donors (Lipinski definition) is 2. The smallest absolute Gasteiger partial charge is 0.255 e. The van der Waals surface area contributed by atoms with Crippen molar-refractivity contribution < 1.29 is 19.5 Å². The van der Waals surface area contributed by atoms with E-state index in [2.05, 4.69) is 10.3 Å². The van der Waals surface area contributed by atoms with Crippen molar-refractivity contribution >= 4 is 29.1 Å². The first-order chi connectivity index (χ1) is 18.4. The van der Waals surface area contributed by atoms with E-state index in [0.29, 0.717) is 18.7 Å². The minimum absolute atomic E-state index is 0.0860. The van der Waals surface area contributed by atoms with Gasteiger partial charge in [-0.15, -0.1) is 11.3 Å². The van der Waals surface area contributed by atoms with Crippen LogP contribution in [-0.2, 0) is 22.7 Å². The van der Waals surface area contributed by atoms with Crippen LogP contribution in [0.3, 0.4) is 0 Å². The molecule has 0 bridgehead atoms. The van der Waals surface area contributed by atoms with Gasteiger partial charge in [-0.2, -0.15) is 0 Å². The Labute approximate surface area is 225 Å². The molecule has 1 aromatic heterocycles. The summed E-state index contributed by atoms with van der Waals surface area (Å²) in [7, 11) is 0. The normalized spacial score (nSPS) is 21.5. The number of likely N-dealkylation sites (tertiary alicyclic amines) is 1. The van der Waals surface area contributed by atoms with Crippen LogP contribution < -0.4 is 5.32 Å². The molecule has 3 amide bonds. The van der Waals surface area contributed by atoms with Crippen molar-refractivity contribution in [2.75, 3.05) is 6.54 Å². The van der Waals surface area contributed by atoms with Crippen LogP contribution in [-0.4, -0.2) is 62.3 Å². The van der Waals surface area contributed by atoms with Gasteiger partial charge < -0.3 is 20.2 Å². The van der Waals surface area contributed by atoms with E-state index in [9.17, 15) is 19.5 Å². The van der Waals surface area contributed by atoms with Crippen LogP contribution in [0.1, 0.15) is 46.4 Å². The van der Waals surface area contributed by atoms with Crippen LogP contribution in [0.4, 0.5) is 0 Å². The molecule has 1 aliphatic carbocycles. The summed E-state index contributed by atoms with van der Waals surface area (Å²) in [5.74, 6) is -0.580. The van der Waals surface area contributed by atoms with Crippen LogP contribution >= 0.6 is 11.3 Å². The number of aromatic nitrogens is 1. The number of aryl methyl sites for hydroxylation is 1. The van der Waals surface area contributed by atoms with Crippen molar-refractivity contribution in [1.29, 1.82) is 0 Å². The monoisotopic (exact) mass is 530 g/mol. The molecular weight excluding hydrogens is 500 g/mol. The summed E-state index contributed by atoms with van der Waals surface area (Å²) in [4.78, 5) is 48.9. The van der Waals surface area contributed by atoms with E-state index in [1.165, 1.54) is 4.90 Å². The molecule has 196 valence electrons. The first kappa shape index (κ1) is 24.8. The topological polar surface area (TPSA) is 103 Å². The van der Waals surface area contributed by atoms with Crippen LogP contribution in [0.25, 0.3) is 10.4 Å². The van der Waals surface area contributed by atoms with Crippen LogP contribution in [0.15, 0.2) is 54.0 Å². The fourth-order valence-corrected chi connectivity index (χ4v) is 6.45. The second-order valence-electron chi connectivity index (χ2n) is 10.5. The maximum Gasteiger partial charge on any atom is 0.255 e. The third-order valence-corrected chi connectivity index (χ3v) is 8.78. The van der Waals surface area contributed by atoms with E-state index in [4.69, 9.17) is 0 Å². The van der Waals surface area contributed by atoms with E-state index < -0.39 is 18.2 Å². The van der Waals surface area contributed by atoms with Crippen molar-refractivity contribution in [3.05, 3.63) is 76.4 Å². The quantitative estimate of drug-likeness (QED) is 0.489. The summed E-state index contributed by atoms with van der Waals surface area (Å²) in [5, 5.41) is 13.4. The summed E-state index contributed by atoms with van der Waals surface area (Å²) in [6.07, 6.45) is 1.16. The number of hydrogen-bond acceptors (Lipinski definition) is 6. The molecule has 3 heterocycles. The van der Waals surface area contributed by atoms with Gasteiger partial charge in [0.15, 0.2) is 0 Å². The van der Waals surface area contributed by atoms with E-state index in [0.717, 1.165) is 40.1 Å². The summed E-state index contributed by atoms with van der Waals surface area (Å²) in [6, 6.07) is 14.0. The average Bonchev–Trinajstić information content (AvgIpc) is 3.40. The predicted octanol–water partition coefficient (Wildman–Crippen LogP) is 3.13. The number of benzene rings is 2. The van der Waals surface area contributed by atoms with Gasteiger partial charge >= 0.3 is 0 Å². The van der Waals surface area contributed by atoms with Crippen molar-refractivity contribution in [1.82, 2.24) is 20.1 Å². The molecule has 2 fully saturated rings. The lowest BCUT2D eigenvalue weighted by Gasteiger charge is -2.33. The molecule has 38 heavy (non-hydrogen) atoms. The highest BCUT2D eigenvalue weighted by Crippen LogP contribution is 2.40. The number of amides is 3. The summed E-state index contributed by atoms with van der Waals surface area (Å²) in [6.45, 7) is 2.79. The number of nitrogens with one attached hydrogen (secondary N) is 1. The Bertz CT molecular complexity index is 1380. The van der Waals surface area contributed by atoms with E-state index in [1.54, 1.807) is 22.3 Å². The zero-order valence-electron chi connectivity index (χ0n) is 21.2. The van der Waals surface area contributed by atoms with Crippen LogP contribution in [0.2, 0.25) is 0 Å². The minimum atomic E-state index is -0.775. The molecule has 0 spiro atoms. The predicted molar refractivity (Wildman–Crippen MR) is 143 cm³/mol.